The van der Waals surface area contributed by atoms with Crippen molar-refractivity contribution in [1.82, 2.24) is 4.90 Å². The number of likely N-dealkylation sites (tertiary alicyclic amines) is 1. The van der Waals surface area contributed by atoms with Gasteiger partial charge in [-0.2, -0.15) is 13.2 Å². The summed E-state index contributed by atoms with van der Waals surface area (Å²) in [6.45, 7) is 1.24. The number of nitrogens with two attached hydrogens (primary N) is 1. The van der Waals surface area contributed by atoms with Crippen LogP contribution in [0.4, 0.5) is 13.2 Å². The maximum absolute atomic E-state index is 12.0. The van der Waals surface area contributed by atoms with Gasteiger partial charge in [0, 0.05) is 6.42 Å². The van der Waals surface area contributed by atoms with Gasteiger partial charge in [0.1, 0.15) is 0 Å². The molecule has 0 saturated carbocycles. The van der Waals surface area contributed by atoms with Crippen LogP contribution in [0.2, 0.25) is 0 Å². The molecule has 2 N–H and O–H groups in total. The Morgan fingerprint density at radius 1 is 1.38 bits per heavy atom. The lowest BCUT2D eigenvalue weighted by Crippen LogP contribution is -2.47. The van der Waals surface area contributed by atoms with E-state index >= 15 is 0 Å². The van der Waals surface area contributed by atoms with Crippen LogP contribution in [0.15, 0.2) is 0 Å². The van der Waals surface area contributed by atoms with Gasteiger partial charge in [-0.25, -0.2) is 0 Å². The zero-order chi connectivity index (χ0) is 12.2. The summed E-state index contributed by atoms with van der Waals surface area (Å²) in [4.78, 5) is 2.39. The average Bonchev–Trinajstić information content (AvgIpc) is 2.16. The van der Waals surface area contributed by atoms with E-state index in [-0.39, 0.29) is 12.5 Å². The molecule has 0 radical (unpaired) electrons. The van der Waals surface area contributed by atoms with E-state index in [2.05, 4.69) is 0 Å². The summed E-state index contributed by atoms with van der Waals surface area (Å²) in [6, 6.07) is -0.00279. The van der Waals surface area contributed by atoms with Crippen LogP contribution in [-0.4, -0.2) is 35.2 Å². The van der Waals surface area contributed by atoms with Crippen LogP contribution in [0.5, 0.6) is 0 Å². The molecular formula is C10H17F3N2S. The molecular weight excluding hydrogens is 237 g/mol. The number of piperidine rings is 1. The van der Waals surface area contributed by atoms with Gasteiger partial charge >= 0.3 is 6.18 Å². The van der Waals surface area contributed by atoms with Crippen LogP contribution in [0.25, 0.3) is 0 Å². The minimum absolute atomic E-state index is 0.00279. The molecule has 1 rings (SSSR count). The standard InChI is InChI=1S/C10H17F3N2S/c11-10(12,13)5-3-7-15-6-2-1-4-8(15)9(14)16/h8H,1-7H2,(H2,14,16). The number of alkyl halides is 3. The third-order valence-electron chi connectivity index (χ3n) is 2.85. The SMILES string of the molecule is NC(=S)C1CCCCN1CCCC(F)(F)F. The molecule has 1 saturated heterocycles. The van der Waals surface area contributed by atoms with E-state index in [4.69, 9.17) is 18.0 Å². The van der Waals surface area contributed by atoms with Crippen molar-refractivity contribution in [1.29, 1.82) is 0 Å². The van der Waals surface area contributed by atoms with Gasteiger partial charge in [-0.1, -0.05) is 18.6 Å². The van der Waals surface area contributed by atoms with Gasteiger partial charge in [0.15, 0.2) is 0 Å². The number of nitrogens with zero attached hydrogens (tertiary/aromatic N) is 1. The molecule has 16 heavy (non-hydrogen) atoms. The van der Waals surface area contributed by atoms with Crippen molar-refractivity contribution in [2.24, 2.45) is 5.73 Å². The summed E-state index contributed by atoms with van der Waals surface area (Å²) in [6.07, 6.45) is -1.71. The number of hydrogen-bond donors (Lipinski definition) is 1. The second kappa shape index (κ2) is 5.82. The third kappa shape index (κ3) is 4.65. The first-order valence-electron chi connectivity index (χ1n) is 5.50. The van der Waals surface area contributed by atoms with Gasteiger partial charge in [0.2, 0.25) is 0 Å². The third-order valence-corrected chi connectivity index (χ3v) is 3.12. The van der Waals surface area contributed by atoms with E-state index in [9.17, 15) is 13.2 Å². The van der Waals surface area contributed by atoms with E-state index in [0.29, 0.717) is 11.5 Å². The second-order valence-electron chi connectivity index (χ2n) is 4.17. The van der Waals surface area contributed by atoms with Crippen LogP contribution in [-0.2, 0) is 0 Å². The molecule has 1 fully saturated rings. The lowest BCUT2D eigenvalue weighted by molar-refractivity contribution is -0.136. The smallest absolute Gasteiger partial charge is 0.389 e. The molecule has 0 aromatic carbocycles. The Kier molecular flexibility index (Phi) is 4.98. The molecule has 1 aliphatic rings. The highest BCUT2D eigenvalue weighted by Crippen LogP contribution is 2.23. The Bertz CT molecular complexity index is 243. The molecule has 1 aliphatic heterocycles. The molecule has 1 heterocycles. The van der Waals surface area contributed by atoms with Gasteiger partial charge in [-0.05, 0) is 32.4 Å². The number of hydrogen-bond acceptors (Lipinski definition) is 2. The highest BCUT2D eigenvalue weighted by Gasteiger charge is 2.28. The quantitative estimate of drug-likeness (QED) is 0.781. The first-order valence-corrected chi connectivity index (χ1v) is 5.91. The van der Waals surface area contributed by atoms with Crippen LogP contribution in [0.1, 0.15) is 32.1 Å². The zero-order valence-electron chi connectivity index (χ0n) is 9.09. The van der Waals surface area contributed by atoms with Crippen LogP contribution >= 0.6 is 12.2 Å². The maximum atomic E-state index is 12.0. The lowest BCUT2D eigenvalue weighted by atomic mass is 10.0. The fourth-order valence-corrected chi connectivity index (χ4v) is 2.33. The van der Waals surface area contributed by atoms with Crippen molar-refractivity contribution in [2.45, 2.75) is 44.3 Å². The zero-order valence-corrected chi connectivity index (χ0v) is 9.91. The average molecular weight is 254 g/mol. The summed E-state index contributed by atoms with van der Waals surface area (Å²) in [7, 11) is 0. The number of halogens is 3. The molecule has 94 valence electrons. The first-order chi connectivity index (χ1) is 7.40. The van der Waals surface area contributed by atoms with E-state index in [1.807, 2.05) is 4.90 Å². The Morgan fingerprint density at radius 3 is 2.62 bits per heavy atom. The Balaban J connectivity index is 2.36. The minimum Gasteiger partial charge on any atom is -0.392 e. The highest BCUT2D eigenvalue weighted by atomic mass is 32.1. The largest absolute Gasteiger partial charge is 0.392 e. The highest BCUT2D eigenvalue weighted by molar-refractivity contribution is 7.80. The topological polar surface area (TPSA) is 29.3 Å². The van der Waals surface area contributed by atoms with Gasteiger partial charge in [-0.15, -0.1) is 0 Å². The molecule has 0 bridgehead atoms. The summed E-state index contributed by atoms with van der Waals surface area (Å²) in [5.74, 6) is 0. The predicted molar refractivity (Wildman–Crippen MR) is 61.3 cm³/mol. The number of thiocarbonyl (C=S) groups is 1. The minimum atomic E-state index is -4.06. The summed E-state index contributed by atoms with van der Waals surface area (Å²) >= 11 is 4.93. The fraction of sp³-hybridized carbons (Fsp3) is 0.900. The molecule has 0 aliphatic carbocycles. The Morgan fingerprint density at radius 2 is 2.06 bits per heavy atom. The van der Waals surface area contributed by atoms with Crippen LogP contribution in [0, 0.1) is 0 Å². The second-order valence-corrected chi connectivity index (χ2v) is 4.64. The molecule has 1 atom stereocenters. The predicted octanol–water partition coefficient (Wildman–Crippen LogP) is 2.47. The first kappa shape index (κ1) is 13.7. The van der Waals surface area contributed by atoms with Crippen molar-refractivity contribution in [3.05, 3.63) is 0 Å². The molecule has 6 heteroatoms. The van der Waals surface area contributed by atoms with Crippen molar-refractivity contribution in [3.8, 4) is 0 Å². The van der Waals surface area contributed by atoms with Crippen molar-refractivity contribution in [2.75, 3.05) is 13.1 Å². The van der Waals surface area contributed by atoms with E-state index in [1.54, 1.807) is 0 Å². The molecule has 2 nitrogen and oxygen atoms in total. The maximum Gasteiger partial charge on any atom is 0.389 e. The Labute approximate surface area is 99.0 Å². The number of rotatable bonds is 4. The molecule has 0 aromatic heterocycles. The van der Waals surface area contributed by atoms with Crippen LogP contribution in [0.3, 0.4) is 0 Å². The van der Waals surface area contributed by atoms with Gasteiger partial charge in [0.25, 0.3) is 0 Å². The molecule has 1 unspecified atom stereocenters. The monoisotopic (exact) mass is 254 g/mol. The van der Waals surface area contributed by atoms with Crippen LogP contribution < -0.4 is 5.73 Å². The van der Waals surface area contributed by atoms with E-state index in [0.717, 1.165) is 25.8 Å². The fourth-order valence-electron chi connectivity index (χ4n) is 2.06. The van der Waals surface area contributed by atoms with Crippen molar-refractivity contribution in [3.63, 3.8) is 0 Å². The molecule has 0 aromatic rings. The van der Waals surface area contributed by atoms with Crippen molar-refractivity contribution >= 4 is 17.2 Å². The van der Waals surface area contributed by atoms with Gasteiger partial charge in [-0.3, -0.25) is 4.90 Å². The molecule has 0 spiro atoms. The summed E-state index contributed by atoms with van der Waals surface area (Å²) in [5.41, 5.74) is 5.58. The van der Waals surface area contributed by atoms with E-state index < -0.39 is 12.6 Å². The van der Waals surface area contributed by atoms with Crippen molar-refractivity contribution < 1.29 is 13.2 Å². The normalized spacial score (nSPS) is 23.3. The summed E-state index contributed by atoms with van der Waals surface area (Å²) < 4.78 is 36.0. The van der Waals surface area contributed by atoms with Gasteiger partial charge < -0.3 is 5.73 Å². The van der Waals surface area contributed by atoms with Gasteiger partial charge in [0.05, 0.1) is 11.0 Å². The van der Waals surface area contributed by atoms with E-state index in [1.165, 1.54) is 0 Å². The molecule has 0 amide bonds. The Hall–Kier alpha value is -0.360. The lowest BCUT2D eigenvalue weighted by Gasteiger charge is -2.35. The summed E-state index contributed by atoms with van der Waals surface area (Å²) in [5, 5.41) is 0.